The molecule has 0 aliphatic carbocycles. The maximum absolute atomic E-state index is 12.4. The number of rotatable bonds is 10. The van der Waals surface area contributed by atoms with Crippen molar-refractivity contribution in [3.63, 3.8) is 0 Å². The second-order valence-corrected chi connectivity index (χ2v) is 7.47. The Balaban J connectivity index is 1.41. The van der Waals surface area contributed by atoms with E-state index < -0.39 is 0 Å². The van der Waals surface area contributed by atoms with Gasteiger partial charge in [-0.25, -0.2) is 4.98 Å². The fraction of sp³-hybridized carbons (Fsp3) is 0.450. The minimum absolute atomic E-state index is 0.149. The summed E-state index contributed by atoms with van der Waals surface area (Å²) >= 11 is 1.06. The second-order valence-electron chi connectivity index (χ2n) is 6.48. The molecule has 1 aliphatic heterocycles. The lowest BCUT2D eigenvalue weighted by atomic mass is 10.2. The van der Waals surface area contributed by atoms with Crippen LogP contribution in [0.1, 0.15) is 45.4 Å². The van der Waals surface area contributed by atoms with Gasteiger partial charge in [0.1, 0.15) is 0 Å². The van der Waals surface area contributed by atoms with E-state index in [1.807, 2.05) is 35.0 Å². The van der Waals surface area contributed by atoms with Crippen molar-refractivity contribution in [1.82, 2.24) is 14.3 Å². The molecule has 0 bridgehead atoms. The Hall–Kier alpha value is -2.28. The van der Waals surface area contributed by atoms with Gasteiger partial charge < -0.3 is 9.14 Å². The van der Waals surface area contributed by atoms with Gasteiger partial charge in [0.15, 0.2) is 11.4 Å². The smallest absolute Gasteiger partial charge is 0.293 e. The van der Waals surface area contributed by atoms with Crippen LogP contribution >= 0.6 is 11.8 Å². The van der Waals surface area contributed by atoms with Gasteiger partial charge in [-0.2, -0.15) is 0 Å². The first-order chi connectivity index (χ1) is 13.2. The van der Waals surface area contributed by atoms with E-state index in [1.54, 1.807) is 6.20 Å². The number of fused-ring (bicyclic) bond motifs is 1. The number of nitrogens with zero attached hydrogens (tertiary/aromatic N) is 3. The standard InChI is InChI=1S/C20H25N3O3S/c1-2-3-4-5-10-17-19(24)23(20(25)27-17)13-6-7-15-26-16-9-8-12-22-14-11-21-18(16)22/h8-12,14H,2-7,13,15H2,1H3. The van der Waals surface area contributed by atoms with Gasteiger partial charge in [0, 0.05) is 25.1 Å². The highest BCUT2D eigenvalue weighted by molar-refractivity contribution is 8.18. The number of thioether (sulfide) groups is 1. The van der Waals surface area contributed by atoms with Crippen molar-refractivity contribution in [1.29, 1.82) is 0 Å². The first-order valence-electron chi connectivity index (χ1n) is 9.49. The van der Waals surface area contributed by atoms with Crippen LogP contribution in [0.15, 0.2) is 41.7 Å². The fourth-order valence-electron chi connectivity index (χ4n) is 2.95. The molecule has 0 unspecified atom stereocenters. The molecule has 0 atom stereocenters. The molecule has 0 radical (unpaired) electrons. The van der Waals surface area contributed by atoms with Gasteiger partial charge in [-0.05, 0) is 49.6 Å². The van der Waals surface area contributed by atoms with Crippen molar-refractivity contribution in [3.05, 3.63) is 41.7 Å². The number of carbonyl (C=O) groups excluding carboxylic acids is 2. The normalized spacial score (nSPS) is 16.0. The summed E-state index contributed by atoms with van der Waals surface area (Å²) in [6.07, 6.45) is 13.1. The predicted molar refractivity (Wildman–Crippen MR) is 107 cm³/mol. The SMILES string of the molecule is CCCCCC=C1SC(=O)N(CCCCOc2cccn3ccnc23)C1=O. The van der Waals surface area contributed by atoms with Crippen LogP contribution in [-0.4, -0.2) is 38.6 Å². The molecule has 1 fully saturated rings. The van der Waals surface area contributed by atoms with Gasteiger partial charge in [-0.3, -0.25) is 14.5 Å². The fourth-order valence-corrected chi connectivity index (χ4v) is 3.82. The highest BCUT2D eigenvalue weighted by atomic mass is 32.2. The summed E-state index contributed by atoms with van der Waals surface area (Å²) in [5.41, 5.74) is 0.789. The Labute approximate surface area is 163 Å². The topological polar surface area (TPSA) is 63.9 Å². The van der Waals surface area contributed by atoms with Crippen LogP contribution in [0.5, 0.6) is 5.75 Å². The number of ether oxygens (including phenoxy) is 1. The van der Waals surface area contributed by atoms with Crippen LogP contribution in [0.3, 0.4) is 0 Å². The molecule has 2 aromatic heterocycles. The van der Waals surface area contributed by atoms with Crippen molar-refractivity contribution in [3.8, 4) is 5.75 Å². The quantitative estimate of drug-likeness (QED) is 0.438. The first kappa shape index (κ1) is 19.5. The number of imide groups is 1. The number of allylic oxidation sites excluding steroid dienone is 1. The average molecular weight is 388 g/mol. The molecule has 2 aromatic rings. The zero-order chi connectivity index (χ0) is 19.1. The van der Waals surface area contributed by atoms with Crippen molar-refractivity contribution in [2.75, 3.05) is 13.2 Å². The zero-order valence-corrected chi connectivity index (χ0v) is 16.4. The van der Waals surface area contributed by atoms with E-state index >= 15 is 0 Å². The lowest BCUT2D eigenvalue weighted by Crippen LogP contribution is -2.29. The molecule has 6 nitrogen and oxygen atoms in total. The van der Waals surface area contributed by atoms with E-state index in [1.165, 1.54) is 4.90 Å². The number of hydrogen-bond acceptors (Lipinski definition) is 5. The summed E-state index contributed by atoms with van der Waals surface area (Å²) in [6, 6.07) is 3.80. The molecule has 7 heteroatoms. The molecule has 3 heterocycles. The van der Waals surface area contributed by atoms with E-state index in [-0.39, 0.29) is 11.1 Å². The summed E-state index contributed by atoms with van der Waals surface area (Å²) in [5, 5.41) is -0.162. The molecular weight excluding hydrogens is 362 g/mol. The molecule has 0 aromatic carbocycles. The number of unbranched alkanes of at least 4 members (excludes halogenated alkanes) is 4. The largest absolute Gasteiger partial charge is 0.490 e. The summed E-state index contributed by atoms with van der Waals surface area (Å²) in [5.74, 6) is 0.591. The molecule has 1 aliphatic rings. The van der Waals surface area contributed by atoms with Crippen molar-refractivity contribution in [2.24, 2.45) is 0 Å². The number of aromatic nitrogens is 2. The summed E-state index contributed by atoms with van der Waals surface area (Å²) in [7, 11) is 0. The maximum Gasteiger partial charge on any atom is 0.293 e. The third kappa shape index (κ3) is 4.91. The van der Waals surface area contributed by atoms with Crippen molar-refractivity contribution >= 4 is 28.6 Å². The predicted octanol–water partition coefficient (Wildman–Crippen LogP) is 4.65. The van der Waals surface area contributed by atoms with E-state index in [2.05, 4.69) is 11.9 Å². The minimum atomic E-state index is -0.162. The van der Waals surface area contributed by atoms with Gasteiger partial charge >= 0.3 is 0 Å². The molecule has 0 N–H and O–H groups in total. The molecular formula is C20H25N3O3S. The van der Waals surface area contributed by atoms with Crippen LogP contribution in [0, 0.1) is 0 Å². The highest BCUT2D eigenvalue weighted by Gasteiger charge is 2.34. The molecule has 144 valence electrons. The number of imidazole rings is 1. The minimum Gasteiger partial charge on any atom is -0.490 e. The Morgan fingerprint density at radius 3 is 2.93 bits per heavy atom. The Bertz CT molecular complexity index is 831. The van der Waals surface area contributed by atoms with Crippen LogP contribution in [0.2, 0.25) is 0 Å². The van der Waals surface area contributed by atoms with Gasteiger partial charge in [0.2, 0.25) is 0 Å². The van der Waals surface area contributed by atoms with E-state index in [9.17, 15) is 9.59 Å². The van der Waals surface area contributed by atoms with Crippen LogP contribution in [0.25, 0.3) is 5.65 Å². The maximum atomic E-state index is 12.4. The van der Waals surface area contributed by atoms with E-state index in [4.69, 9.17) is 4.74 Å². The molecule has 0 spiro atoms. The summed E-state index contributed by atoms with van der Waals surface area (Å²) in [6.45, 7) is 3.11. The number of amides is 2. The van der Waals surface area contributed by atoms with E-state index in [0.717, 1.165) is 61.7 Å². The summed E-state index contributed by atoms with van der Waals surface area (Å²) < 4.78 is 7.71. The van der Waals surface area contributed by atoms with Crippen molar-refractivity contribution < 1.29 is 14.3 Å². The second kappa shape index (κ2) is 9.60. The number of pyridine rings is 1. The molecule has 27 heavy (non-hydrogen) atoms. The molecule has 1 saturated heterocycles. The van der Waals surface area contributed by atoms with E-state index in [0.29, 0.717) is 18.1 Å². The number of carbonyl (C=O) groups is 2. The lowest BCUT2D eigenvalue weighted by Gasteiger charge is -2.12. The van der Waals surface area contributed by atoms with Gasteiger partial charge in [-0.1, -0.05) is 25.8 Å². The van der Waals surface area contributed by atoms with Gasteiger partial charge in [-0.15, -0.1) is 0 Å². The van der Waals surface area contributed by atoms with Gasteiger partial charge in [0.05, 0.1) is 11.5 Å². The first-order valence-corrected chi connectivity index (χ1v) is 10.3. The monoisotopic (exact) mass is 387 g/mol. The Morgan fingerprint density at radius 2 is 2.07 bits per heavy atom. The number of hydrogen-bond donors (Lipinski definition) is 0. The van der Waals surface area contributed by atoms with Crippen LogP contribution < -0.4 is 4.74 Å². The third-order valence-electron chi connectivity index (χ3n) is 4.43. The molecule has 0 saturated carbocycles. The molecule has 3 rings (SSSR count). The highest BCUT2D eigenvalue weighted by Crippen LogP contribution is 2.31. The van der Waals surface area contributed by atoms with Crippen LogP contribution in [-0.2, 0) is 4.79 Å². The van der Waals surface area contributed by atoms with Crippen LogP contribution in [0.4, 0.5) is 4.79 Å². The van der Waals surface area contributed by atoms with Gasteiger partial charge in [0.25, 0.3) is 11.1 Å². The van der Waals surface area contributed by atoms with Crippen molar-refractivity contribution in [2.45, 2.75) is 45.4 Å². The average Bonchev–Trinajstić information content (AvgIpc) is 3.25. The third-order valence-corrected chi connectivity index (χ3v) is 5.38. The lowest BCUT2D eigenvalue weighted by molar-refractivity contribution is -0.122. The summed E-state index contributed by atoms with van der Waals surface area (Å²) in [4.78, 5) is 30.6. The Morgan fingerprint density at radius 1 is 1.19 bits per heavy atom. The zero-order valence-electron chi connectivity index (χ0n) is 15.6. The molecule has 2 amide bonds. The Kier molecular flexibility index (Phi) is 6.92.